The third-order valence-electron chi connectivity index (χ3n) is 8.65. The van der Waals surface area contributed by atoms with Gasteiger partial charge in [0.1, 0.15) is 12.1 Å². The molecule has 7 rings (SSSR count). The number of hydrogen-bond acceptors (Lipinski definition) is 9. The van der Waals surface area contributed by atoms with Crippen molar-refractivity contribution in [3.05, 3.63) is 71.7 Å². The molecular formula is C30H27F2N9O3. The van der Waals surface area contributed by atoms with E-state index in [0.717, 1.165) is 12.8 Å². The second kappa shape index (κ2) is 10.5. The number of aromatic nitrogens is 7. The van der Waals surface area contributed by atoms with Crippen molar-refractivity contribution in [3.8, 4) is 28.1 Å². The third-order valence-corrected chi connectivity index (χ3v) is 8.65. The number of nitrogen functional groups attached to an aromatic ring is 1. The molecular weight excluding hydrogens is 572 g/mol. The van der Waals surface area contributed by atoms with Gasteiger partial charge < -0.3 is 15.4 Å². The molecule has 4 aromatic heterocycles. The van der Waals surface area contributed by atoms with E-state index in [1.54, 1.807) is 18.3 Å². The van der Waals surface area contributed by atoms with Crippen LogP contribution in [0.15, 0.2) is 43.0 Å². The first-order chi connectivity index (χ1) is 21.3. The number of fused-ring (bicyclic) bond motifs is 3. The summed E-state index contributed by atoms with van der Waals surface area (Å²) < 4.78 is 35.3. The minimum atomic E-state index is -1.09. The van der Waals surface area contributed by atoms with E-state index in [9.17, 15) is 18.4 Å². The van der Waals surface area contributed by atoms with Crippen molar-refractivity contribution in [1.82, 2.24) is 39.7 Å². The number of carbonyl (C=O) groups excluding carboxylic acids is 2. The first-order valence-corrected chi connectivity index (χ1v) is 14.1. The molecule has 1 aromatic carbocycles. The molecule has 0 aliphatic carbocycles. The number of anilines is 1. The molecule has 12 nitrogen and oxygen atoms in total. The lowest BCUT2D eigenvalue weighted by Gasteiger charge is -2.38. The standard InChI is InChI=1S/C30H27F2N9O3/c1-14(42)23-26(16-9-17-4-5-18(10-16)40(17)30(43)28-35-13-36-39-28)38-29-20(12-37-41(29)27(23)33)15-3-7-21(34-11-15)19-6-8-22(44-2)25(32)24(19)31/h3,6-8,11-13,16-18H,4-5,9-10,33H2,1-2H3,(H,35,36,39)/t16?,17-,18+. The number of benzene rings is 1. The zero-order valence-electron chi connectivity index (χ0n) is 23.8. The van der Waals surface area contributed by atoms with Gasteiger partial charge in [0.05, 0.1) is 30.3 Å². The molecule has 44 heavy (non-hydrogen) atoms. The van der Waals surface area contributed by atoms with E-state index in [0.29, 0.717) is 40.9 Å². The van der Waals surface area contributed by atoms with Crippen molar-refractivity contribution < 1.29 is 23.1 Å². The van der Waals surface area contributed by atoms with Crippen LogP contribution in [0, 0.1) is 11.6 Å². The second-order valence-corrected chi connectivity index (χ2v) is 11.1. The topological polar surface area (TPSA) is 157 Å². The highest BCUT2D eigenvalue weighted by Crippen LogP contribution is 2.45. The first kappa shape index (κ1) is 27.6. The number of ketones is 1. The smallest absolute Gasteiger partial charge is 0.291 e. The summed E-state index contributed by atoms with van der Waals surface area (Å²) in [4.78, 5) is 41.3. The Balaban J connectivity index is 1.24. The Labute approximate surface area is 249 Å². The van der Waals surface area contributed by atoms with Crippen molar-refractivity contribution in [2.75, 3.05) is 12.8 Å². The maximum atomic E-state index is 14.7. The van der Waals surface area contributed by atoms with Crippen molar-refractivity contribution in [2.24, 2.45) is 0 Å². The van der Waals surface area contributed by atoms with Gasteiger partial charge in [-0.15, -0.1) is 0 Å². The number of amides is 1. The van der Waals surface area contributed by atoms with Crippen molar-refractivity contribution >= 4 is 23.2 Å². The Morgan fingerprint density at radius 3 is 2.43 bits per heavy atom. The second-order valence-electron chi connectivity index (χ2n) is 11.1. The average molecular weight is 600 g/mol. The summed E-state index contributed by atoms with van der Waals surface area (Å²) >= 11 is 0. The normalized spacial score (nSPS) is 19.5. The number of rotatable bonds is 6. The van der Waals surface area contributed by atoms with Crippen LogP contribution in [0.2, 0.25) is 0 Å². The SMILES string of the molecule is COc1ccc(-c2ccc(-c3cnn4c(N)c(C(C)=O)c(C5C[C@H]6CC[C@@H](C5)N6C(=O)c5ncn[nH]5)nc34)cn2)c(F)c1F. The van der Waals surface area contributed by atoms with Crippen molar-refractivity contribution in [1.29, 1.82) is 0 Å². The van der Waals surface area contributed by atoms with Crippen LogP contribution in [-0.4, -0.2) is 70.5 Å². The van der Waals surface area contributed by atoms with Crippen LogP contribution in [0.1, 0.15) is 65.2 Å². The molecule has 0 spiro atoms. The Hall–Kier alpha value is -5.27. The number of piperidine rings is 1. The number of methoxy groups -OCH3 is 1. The van der Waals surface area contributed by atoms with Crippen molar-refractivity contribution in [2.45, 2.75) is 50.6 Å². The minimum Gasteiger partial charge on any atom is -0.494 e. The van der Waals surface area contributed by atoms with Gasteiger partial charge in [-0.1, -0.05) is 6.07 Å². The molecule has 1 amide bonds. The van der Waals surface area contributed by atoms with Crippen LogP contribution in [0.25, 0.3) is 28.0 Å². The number of H-pyrrole nitrogens is 1. The number of carbonyl (C=O) groups is 2. The number of nitrogens with zero attached hydrogens (tertiary/aromatic N) is 7. The molecule has 3 atom stereocenters. The molecule has 2 fully saturated rings. The molecule has 0 saturated carbocycles. The van der Waals surface area contributed by atoms with Crippen molar-refractivity contribution in [3.63, 3.8) is 0 Å². The van der Waals surface area contributed by atoms with Crippen LogP contribution < -0.4 is 10.5 Å². The quantitative estimate of drug-likeness (QED) is 0.273. The van der Waals surface area contributed by atoms with E-state index in [1.165, 1.54) is 43.2 Å². The molecule has 2 aliphatic heterocycles. The summed E-state index contributed by atoms with van der Waals surface area (Å²) in [7, 11) is 1.26. The number of aromatic amines is 1. The molecule has 5 aromatic rings. The molecule has 1 unspecified atom stereocenters. The lowest BCUT2D eigenvalue weighted by atomic mass is 9.85. The average Bonchev–Trinajstić information content (AvgIpc) is 3.77. The number of nitrogens with two attached hydrogens (primary N) is 1. The van der Waals surface area contributed by atoms with E-state index in [4.69, 9.17) is 15.5 Å². The van der Waals surface area contributed by atoms with E-state index >= 15 is 0 Å². The molecule has 6 heterocycles. The molecule has 0 radical (unpaired) electrons. The summed E-state index contributed by atoms with van der Waals surface area (Å²) in [6.45, 7) is 1.45. The van der Waals surface area contributed by atoms with E-state index in [2.05, 4.69) is 25.3 Å². The van der Waals surface area contributed by atoms with Gasteiger partial charge in [0, 0.05) is 40.9 Å². The number of nitrogens with one attached hydrogen (secondary N) is 1. The van der Waals surface area contributed by atoms with Gasteiger partial charge in [0.15, 0.2) is 23.0 Å². The fourth-order valence-electron chi connectivity index (χ4n) is 6.66. The minimum absolute atomic E-state index is 0.00626. The summed E-state index contributed by atoms with van der Waals surface area (Å²) in [5.41, 5.74) is 9.34. The number of ether oxygens (including phenoxy) is 1. The summed E-state index contributed by atoms with van der Waals surface area (Å²) in [6.07, 6.45) is 7.32. The lowest BCUT2D eigenvalue weighted by molar-refractivity contribution is 0.0556. The van der Waals surface area contributed by atoms with Crippen LogP contribution in [0.3, 0.4) is 0 Å². The zero-order chi connectivity index (χ0) is 30.7. The van der Waals surface area contributed by atoms with Gasteiger partial charge in [0.2, 0.25) is 11.6 Å². The summed E-state index contributed by atoms with van der Waals surface area (Å²) in [6, 6.07) is 5.96. The van der Waals surface area contributed by atoms with E-state index in [1.807, 2.05) is 4.90 Å². The highest BCUT2D eigenvalue weighted by atomic mass is 19.2. The van der Waals surface area contributed by atoms with Gasteiger partial charge in [0.25, 0.3) is 5.91 Å². The molecule has 2 aliphatic rings. The Kier molecular flexibility index (Phi) is 6.56. The van der Waals surface area contributed by atoms with Gasteiger partial charge in [-0.05, 0) is 50.8 Å². The molecule has 2 bridgehead atoms. The van der Waals surface area contributed by atoms with Crippen LogP contribution in [0.4, 0.5) is 14.6 Å². The number of halogens is 2. The fraction of sp³-hybridized carbons (Fsp3) is 0.300. The monoisotopic (exact) mass is 599 g/mol. The highest BCUT2D eigenvalue weighted by Gasteiger charge is 2.45. The van der Waals surface area contributed by atoms with Crippen LogP contribution in [-0.2, 0) is 0 Å². The summed E-state index contributed by atoms with van der Waals surface area (Å²) in [5.74, 6) is -2.49. The number of pyridine rings is 1. The number of hydrogen-bond donors (Lipinski definition) is 2. The van der Waals surface area contributed by atoms with Gasteiger partial charge >= 0.3 is 0 Å². The number of Topliss-reactive ketones (excluding diaryl/α,β-unsaturated/α-hetero) is 1. The maximum absolute atomic E-state index is 14.7. The highest BCUT2D eigenvalue weighted by molar-refractivity contribution is 6.00. The van der Waals surface area contributed by atoms with Gasteiger partial charge in [-0.3, -0.25) is 19.7 Å². The zero-order valence-corrected chi connectivity index (χ0v) is 23.8. The Morgan fingerprint density at radius 2 is 1.80 bits per heavy atom. The largest absolute Gasteiger partial charge is 0.494 e. The predicted octanol–water partition coefficient (Wildman–Crippen LogP) is 4.20. The molecule has 2 saturated heterocycles. The van der Waals surface area contributed by atoms with Gasteiger partial charge in [-0.2, -0.15) is 19.1 Å². The Bertz CT molecular complexity index is 1910. The van der Waals surface area contributed by atoms with Gasteiger partial charge in [-0.25, -0.2) is 14.4 Å². The maximum Gasteiger partial charge on any atom is 0.291 e. The summed E-state index contributed by atoms with van der Waals surface area (Å²) in [5, 5.41) is 10.9. The predicted molar refractivity (Wildman–Crippen MR) is 154 cm³/mol. The van der Waals surface area contributed by atoms with E-state index in [-0.39, 0.29) is 58.3 Å². The fourth-order valence-corrected chi connectivity index (χ4v) is 6.66. The molecule has 3 N–H and O–H groups in total. The molecule has 224 valence electrons. The lowest BCUT2D eigenvalue weighted by Crippen LogP contribution is -2.46. The molecule has 14 heteroatoms. The van der Waals surface area contributed by atoms with Crippen LogP contribution in [0.5, 0.6) is 5.75 Å². The first-order valence-electron chi connectivity index (χ1n) is 14.1. The van der Waals surface area contributed by atoms with Crippen LogP contribution >= 0.6 is 0 Å². The Morgan fingerprint density at radius 1 is 1.02 bits per heavy atom. The third kappa shape index (κ3) is 4.28. The van der Waals surface area contributed by atoms with E-state index < -0.39 is 11.6 Å².